The fourth-order valence-corrected chi connectivity index (χ4v) is 2.35. The highest BCUT2D eigenvalue weighted by molar-refractivity contribution is 6.05. The number of hydrogen-bond donors (Lipinski definition) is 1. The van der Waals surface area contributed by atoms with Crippen molar-refractivity contribution in [2.24, 2.45) is 0 Å². The van der Waals surface area contributed by atoms with E-state index in [0.29, 0.717) is 16.8 Å². The van der Waals surface area contributed by atoms with E-state index in [1.807, 2.05) is 26.0 Å². The smallest absolute Gasteiger partial charge is 0.255 e. The number of nitrogens with one attached hydrogen (secondary N) is 1. The Labute approximate surface area is 123 Å². The van der Waals surface area contributed by atoms with Crippen molar-refractivity contribution in [1.82, 2.24) is 0 Å². The predicted octanol–water partition coefficient (Wildman–Crippen LogP) is 4.01. The fourth-order valence-electron chi connectivity index (χ4n) is 2.35. The first-order chi connectivity index (χ1) is 9.93. The van der Waals surface area contributed by atoms with Gasteiger partial charge in [-0.15, -0.1) is 0 Å². The van der Waals surface area contributed by atoms with E-state index >= 15 is 0 Å². The molecule has 0 aliphatic carbocycles. The molecule has 2 aromatic rings. The molecular formula is C17H18FNO2. The van der Waals surface area contributed by atoms with E-state index in [1.165, 1.54) is 18.2 Å². The first-order valence-electron chi connectivity index (χ1n) is 6.65. The van der Waals surface area contributed by atoms with Crippen LogP contribution in [0, 0.1) is 26.6 Å². The number of hydrogen-bond acceptors (Lipinski definition) is 2. The van der Waals surface area contributed by atoms with Gasteiger partial charge < -0.3 is 10.1 Å². The Bertz CT molecular complexity index is 695. The number of rotatable bonds is 3. The molecule has 1 N–H and O–H groups in total. The normalized spacial score (nSPS) is 10.3. The van der Waals surface area contributed by atoms with E-state index in [9.17, 15) is 9.18 Å². The monoisotopic (exact) mass is 287 g/mol. The Morgan fingerprint density at radius 3 is 2.43 bits per heavy atom. The summed E-state index contributed by atoms with van der Waals surface area (Å²) >= 11 is 0. The summed E-state index contributed by atoms with van der Waals surface area (Å²) in [6.07, 6.45) is 0. The lowest BCUT2D eigenvalue weighted by Gasteiger charge is -2.14. The van der Waals surface area contributed by atoms with Crippen LogP contribution in [0.3, 0.4) is 0 Å². The Morgan fingerprint density at radius 2 is 1.81 bits per heavy atom. The zero-order valence-corrected chi connectivity index (χ0v) is 12.6. The standard InChI is InChI=1S/C17H18FNO2/c1-10-5-8-15(12(3)16(10)21-4)19-17(20)14-7-6-13(18)9-11(14)2/h5-9H,1-4H3,(H,19,20). The molecule has 4 heteroatoms. The molecule has 2 rings (SSSR count). The second kappa shape index (κ2) is 5.95. The summed E-state index contributed by atoms with van der Waals surface area (Å²) < 4.78 is 18.4. The van der Waals surface area contributed by atoms with Crippen molar-refractivity contribution in [3.63, 3.8) is 0 Å². The van der Waals surface area contributed by atoms with Crippen LogP contribution in [0.4, 0.5) is 10.1 Å². The van der Waals surface area contributed by atoms with Gasteiger partial charge in [-0.05, 0) is 56.2 Å². The Kier molecular flexibility index (Phi) is 4.26. The van der Waals surface area contributed by atoms with Crippen LogP contribution in [-0.4, -0.2) is 13.0 Å². The minimum atomic E-state index is -0.350. The molecule has 0 saturated heterocycles. The van der Waals surface area contributed by atoms with Crippen molar-refractivity contribution in [2.75, 3.05) is 12.4 Å². The highest BCUT2D eigenvalue weighted by atomic mass is 19.1. The fraction of sp³-hybridized carbons (Fsp3) is 0.235. The van der Waals surface area contributed by atoms with Crippen LogP contribution in [0.1, 0.15) is 27.0 Å². The first kappa shape index (κ1) is 15.0. The van der Waals surface area contributed by atoms with Gasteiger partial charge in [0, 0.05) is 16.8 Å². The second-order valence-corrected chi connectivity index (χ2v) is 5.00. The van der Waals surface area contributed by atoms with E-state index in [2.05, 4.69) is 5.32 Å². The van der Waals surface area contributed by atoms with Gasteiger partial charge in [-0.3, -0.25) is 4.79 Å². The van der Waals surface area contributed by atoms with Gasteiger partial charge in [0.1, 0.15) is 11.6 Å². The zero-order chi connectivity index (χ0) is 15.6. The number of ether oxygens (including phenoxy) is 1. The summed E-state index contributed by atoms with van der Waals surface area (Å²) in [6, 6.07) is 7.84. The number of benzene rings is 2. The molecule has 0 spiro atoms. The third-order valence-electron chi connectivity index (χ3n) is 3.49. The van der Waals surface area contributed by atoms with Gasteiger partial charge in [0.15, 0.2) is 0 Å². The van der Waals surface area contributed by atoms with E-state index in [4.69, 9.17) is 4.74 Å². The molecule has 2 aromatic carbocycles. The minimum absolute atomic E-state index is 0.262. The van der Waals surface area contributed by atoms with Crippen LogP contribution in [-0.2, 0) is 0 Å². The molecule has 0 bridgehead atoms. The number of aryl methyl sites for hydroxylation is 2. The minimum Gasteiger partial charge on any atom is -0.496 e. The summed E-state index contributed by atoms with van der Waals surface area (Å²) in [4.78, 5) is 12.3. The lowest BCUT2D eigenvalue weighted by Crippen LogP contribution is -2.14. The Hall–Kier alpha value is -2.36. The molecule has 0 saturated carbocycles. The van der Waals surface area contributed by atoms with Gasteiger partial charge in [0.2, 0.25) is 0 Å². The molecule has 0 unspecified atom stereocenters. The Balaban J connectivity index is 2.32. The van der Waals surface area contributed by atoms with Crippen LogP contribution in [0.5, 0.6) is 5.75 Å². The maximum Gasteiger partial charge on any atom is 0.255 e. The highest BCUT2D eigenvalue weighted by Crippen LogP contribution is 2.29. The molecule has 110 valence electrons. The summed E-state index contributed by atoms with van der Waals surface area (Å²) in [5, 5.41) is 2.85. The maximum absolute atomic E-state index is 13.1. The SMILES string of the molecule is COc1c(C)ccc(NC(=O)c2ccc(F)cc2C)c1C. The number of halogens is 1. The van der Waals surface area contributed by atoms with Gasteiger partial charge in [-0.2, -0.15) is 0 Å². The largest absolute Gasteiger partial charge is 0.496 e. The summed E-state index contributed by atoms with van der Waals surface area (Å²) in [5.41, 5.74) is 3.61. The van der Waals surface area contributed by atoms with Gasteiger partial charge in [-0.1, -0.05) is 6.07 Å². The molecule has 0 aromatic heterocycles. The lowest BCUT2D eigenvalue weighted by molar-refractivity contribution is 0.102. The third kappa shape index (κ3) is 3.05. The second-order valence-electron chi connectivity index (χ2n) is 5.00. The van der Waals surface area contributed by atoms with Crippen molar-refractivity contribution >= 4 is 11.6 Å². The topological polar surface area (TPSA) is 38.3 Å². The van der Waals surface area contributed by atoms with Crippen LogP contribution >= 0.6 is 0 Å². The molecule has 1 amide bonds. The van der Waals surface area contributed by atoms with E-state index < -0.39 is 0 Å². The average molecular weight is 287 g/mol. The number of carbonyl (C=O) groups excluding carboxylic acids is 1. The molecule has 0 atom stereocenters. The highest BCUT2D eigenvalue weighted by Gasteiger charge is 2.13. The van der Waals surface area contributed by atoms with Gasteiger partial charge >= 0.3 is 0 Å². The molecule has 0 aliphatic rings. The molecule has 0 radical (unpaired) electrons. The number of methoxy groups -OCH3 is 1. The molecular weight excluding hydrogens is 269 g/mol. The van der Waals surface area contributed by atoms with E-state index in [-0.39, 0.29) is 11.7 Å². The van der Waals surface area contributed by atoms with Crippen molar-refractivity contribution in [3.05, 3.63) is 58.4 Å². The maximum atomic E-state index is 13.1. The first-order valence-corrected chi connectivity index (χ1v) is 6.65. The molecule has 3 nitrogen and oxygen atoms in total. The van der Waals surface area contributed by atoms with Crippen LogP contribution < -0.4 is 10.1 Å². The predicted molar refractivity (Wildman–Crippen MR) is 81.6 cm³/mol. The Morgan fingerprint density at radius 1 is 1.10 bits per heavy atom. The van der Waals surface area contributed by atoms with Gasteiger partial charge in [0.05, 0.1) is 7.11 Å². The van der Waals surface area contributed by atoms with Gasteiger partial charge in [-0.25, -0.2) is 4.39 Å². The van der Waals surface area contributed by atoms with E-state index in [1.54, 1.807) is 14.0 Å². The molecule has 21 heavy (non-hydrogen) atoms. The summed E-state index contributed by atoms with van der Waals surface area (Å²) in [6.45, 7) is 5.54. The zero-order valence-electron chi connectivity index (χ0n) is 12.6. The molecule has 0 heterocycles. The van der Waals surface area contributed by atoms with Crippen molar-refractivity contribution < 1.29 is 13.9 Å². The number of amides is 1. The van der Waals surface area contributed by atoms with Crippen molar-refractivity contribution in [2.45, 2.75) is 20.8 Å². The molecule has 0 fully saturated rings. The van der Waals surface area contributed by atoms with Crippen LogP contribution in [0.2, 0.25) is 0 Å². The van der Waals surface area contributed by atoms with Crippen LogP contribution in [0.25, 0.3) is 0 Å². The number of anilines is 1. The lowest BCUT2D eigenvalue weighted by atomic mass is 10.1. The van der Waals surface area contributed by atoms with Gasteiger partial charge in [0.25, 0.3) is 5.91 Å². The quantitative estimate of drug-likeness (QED) is 0.926. The van der Waals surface area contributed by atoms with Crippen molar-refractivity contribution in [1.29, 1.82) is 0 Å². The molecule has 0 aliphatic heterocycles. The van der Waals surface area contributed by atoms with E-state index in [0.717, 1.165) is 16.9 Å². The number of carbonyl (C=O) groups is 1. The van der Waals surface area contributed by atoms with Crippen molar-refractivity contribution in [3.8, 4) is 5.75 Å². The third-order valence-corrected chi connectivity index (χ3v) is 3.49. The summed E-state index contributed by atoms with van der Waals surface area (Å²) in [7, 11) is 1.60. The van der Waals surface area contributed by atoms with Crippen LogP contribution in [0.15, 0.2) is 30.3 Å². The average Bonchev–Trinajstić information content (AvgIpc) is 2.42. The summed E-state index contributed by atoms with van der Waals surface area (Å²) in [5.74, 6) is 0.141.